The molecule has 0 saturated carbocycles. The molecule has 0 fully saturated rings. The summed E-state index contributed by atoms with van der Waals surface area (Å²) in [6.07, 6.45) is 0. The summed E-state index contributed by atoms with van der Waals surface area (Å²) >= 11 is 3.33. The van der Waals surface area contributed by atoms with E-state index in [1.165, 1.54) is 0 Å². The highest BCUT2D eigenvalue weighted by atomic mass is 79.9. The number of Topliss-reactive ketones (excluding diaryl/α,β-unsaturated/α-hetero) is 1. The molecule has 1 N–H and O–H groups in total. The van der Waals surface area contributed by atoms with Gasteiger partial charge in [-0.1, -0.05) is 45.0 Å². The number of carbonyl (C=O) groups excluding carboxylic acids is 3. The number of ketones is 1. The van der Waals surface area contributed by atoms with E-state index in [0.717, 1.165) is 0 Å². The SMILES string of the molecule is CC(C)(C)C(=O)COC(=O)c1ccccc1NC(=O)c1ccccc1Br. The average molecular weight is 418 g/mol. The number of hydrogen-bond donors (Lipinski definition) is 1. The Bertz CT molecular complexity index is 840. The van der Waals surface area contributed by atoms with Gasteiger partial charge in [-0.25, -0.2) is 4.79 Å². The first-order valence-electron chi connectivity index (χ1n) is 8.05. The molecule has 6 heteroatoms. The standard InChI is InChI=1S/C20H20BrNO4/c1-20(2,3)17(23)12-26-19(25)14-9-5-7-11-16(14)22-18(24)13-8-4-6-10-15(13)21/h4-11H,12H2,1-3H3,(H,22,24). The number of esters is 1. The van der Waals surface area contributed by atoms with Crippen molar-refractivity contribution in [1.29, 1.82) is 0 Å². The minimum absolute atomic E-state index is 0.180. The molecular formula is C20H20BrNO4. The van der Waals surface area contributed by atoms with Gasteiger partial charge < -0.3 is 10.1 Å². The summed E-state index contributed by atoms with van der Waals surface area (Å²) in [6, 6.07) is 13.5. The van der Waals surface area contributed by atoms with E-state index in [1.54, 1.807) is 69.3 Å². The molecule has 0 spiro atoms. The van der Waals surface area contributed by atoms with E-state index in [-0.39, 0.29) is 23.9 Å². The van der Waals surface area contributed by atoms with Gasteiger partial charge in [-0.3, -0.25) is 9.59 Å². The number of carbonyl (C=O) groups is 3. The van der Waals surface area contributed by atoms with Crippen molar-refractivity contribution in [2.24, 2.45) is 5.41 Å². The van der Waals surface area contributed by atoms with Crippen LogP contribution >= 0.6 is 15.9 Å². The van der Waals surface area contributed by atoms with Gasteiger partial charge in [-0.15, -0.1) is 0 Å². The minimum atomic E-state index is -0.661. The maximum absolute atomic E-state index is 12.5. The lowest BCUT2D eigenvalue weighted by Gasteiger charge is -2.17. The van der Waals surface area contributed by atoms with Crippen LogP contribution in [0.4, 0.5) is 5.69 Å². The first-order valence-corrected chi connectivity index (χ1v) is 8.85. The molecule has 0 saturated heterocycles. The maximum Gasteiger partial charge on any atom is 0.340 e. The molecule has 2 aromatic carbocycles. The molecule has 0 heterocycles. The van der Waals surface area contributed by atoms with Crippen molar-refractivity contribution in [2.75, 3.05) is 11.9 Å². The Balaban J connectivity index is 2.15. The number of ether oxygens (including phenoxy) is 1. The fraction of sp³-hybridized carbons (Fsp3) is 0.250. The molecule has 0 atom stereocenters. The number of anilines is 1. The Morgan fingerprint density at radius 2 is 1.54 bits per heavy atom. The maximum atomic E-state index is 12.5. The summed E-state index contributed by atoms with van der Waals surface area (Å²) in [5, 5.41) is 2.71. The summed E-state index contributed by atoms with van der Waals surface area (Å²) < 4.78 is 5.77. The zero-order valence-electron chi connectivity index (χ0n) is 14.8. The van der Waals surface area contributed by atoms with E-state index in [0.29, 0.717) is 15.7 Å². The molecule has 2 rings (SSSR count). The van der Waals surface area contributed by atoms with E-state index in [4.69, 9.17) is 4.74 Å². The molecule has 0 aliphatic rings. The summed E-state index contributed by atoms with van der Waals surface area (Å²) in [4.78, 5) is 36.7. The van der Waals surface area contributed by atoms with E-state index in [9.17, 15) is 14.4 Å². The lowest BCUT2D eigenvalue weighted by molar-refractivity contribution is -0.129. The molecule has 0 aliphatic carbocycles. The fourth-order valence-electron chi connectivity index (χ4n) is 2.03. The second-order valence-corrected chi connectivity index (χ2v) is 7.58. The second kappa shape index (κ2) is 8.27. The molecule has 0 radical (unpaired) electrons. The first-order chi connectivity index (χ1) is 12.2. The third-order valence-electron chi connectivity index (χ3n) is 3.68. The van der Waals surface area contributed by atoms with Crippen molar-refractivity contribution in [3.8, 4) is 0 Å². The number of hydrogen-bond acceptors (Lipinski definition) is 4. The Morgan fingerprint density at radius 1 is 0.962 bits per heavy atom. The number of para-hydroxylation sites is 1. The predicted octanol–water partition coefficient (Wildman–Crippen LogP) is 4.47. The number of nitrogens with one attached hydrogen (secondary N) is 1. The highest BCUT2D eigenvalue weighted by molar-refractivity contribution is 9.10. The van der Waals surface area contributed by atoms with Crippen molar-refractivity contribution < 1.29 is 19.1 Å². The van der Waals surface area contributed by atoms with Gasteiger partial charge in [0.1, 0.15) is 0 Å². The van der Waals surface area contributed by atoms with E-state index < -0.39 is 11.4 Å². The van der Waals surface area contributed by atoms with Gasteiger partial charge >= 0.3 is 5.97 Å². The monoisotopic (exact) mass is 417 g/mol. The summed E-state index contributed by atoms with van der Waals surface area (Å²) in [7, 11) is 0. The van der Waals surface area contributed by atoms with Crippen molar-refractivity contribution >= 4 is 39.3 Å². The van der Waals surface area contributed by atoms with Crippen LogP contribution in [0.1, 0.15) is 41.5 Å². The highest BCUT2D eigenvalue weighted by Gasteiger charge is 2.23. The van der Waals surface area contributed by atoms with Gasteiger partial charge in [-0.05, 0) is 40.2 Å². The van der Waals surface area contributed by atoms with E-state index in [2.05, 4.69) is 21.2 Å². The molecular weight excluding hydrogens is 398 g/mol. The minimum Gasteiger partial charge on any atom is -0.454 e. The summed E-state index contributed by atoms with van der Waals surface area (Å²) in [6.45, 7) is 4.97. The Labute approximate surface area is 160 Å². The number of benzene rings is 2. The van der Waals surface area contributed by atoms with Crippen molar-refractivity contribution in [1.82, 2.24) is 0 Å². The third kappa shape index (κ3) is 5.02. The number of halogens is 1. The molecule has 0 unspecified atom stereocenters. The number of rotatable bonds is 5. The second-order valence-electron chi connectivity index (χ2n) is 6.73. The topological polar surface area (TPSA) is 72.5 Å². The van der Waals surface area contributed by atoms with E-state index in [1.807, 2.05) is 0 Å². The first kappa shape index (κ1) is 19.8. The van der Waals surface area contributed by atoms with Crippen molar-refractivity contribution in [3.05, 3.63) is 64.1 Å². The Kier molecular flexibility index (Phi) is 6.32. The smallest absolute Gasteiger partial charge is 0.340 e. The quantitative estimate of drug-likeness (QED) is 0.728. The van der Waals surface area contributed by atoms with Crippen LogP contribution in [0.15, 0.2) is 53.0 Å². The average Bonchev–Trinajstić information content (AvgIpc) is 2.59. The summed E-state index contributed by atoms with van der Waals surface area (Å²) in [5.41, 5.74) is 0.364. The van der Waals surface area contributed by atoms with Crippen LogP contribution in [0.3, 0.4) is 0 Å². The van der Waals surface area contributed by atoms with Gasteiger partial charge in [0.15, 0.2) is 12.4 Å². The zero-order valence-corrected chi connectivity index (χ0v) is 16.4. The molecule has 0 bridgehead atoms. The van der Waals surface area contributed by atoms with Crippen molar-refractivity contribution in [2.45, 2.75) is 20.8 Å². The lowest BCUT2D eigenvalue weighted by Crippen LogP contribution is -2.26. The fourth-order valence-corrected chi connectivity index (χ4v) is 2.50. The van der Waals surface area contributed by atoms with Crippen LogP contribution in [-0.4, -0.2) is 24.3 Å². The van der Waals surface area contributed by atoms with Crippen molar-refractivity contribution in [3.63, 3.8) is 0 Å². The molecule has 5 nitrogen and oxygen atoms in total. The lowest BCUT2D eigenvalue weighted by atomic mass is 9.91. The highest BCUT2D eigenvalue weighted by Crippen LogP contribution is 2.21. The zero-order chi connectivity index (χ0) is 19.3. The molecule has 26 heavy (non-hydrogen) atoms. The van der Waals surface area contributed by atoms with Crippen LogP contribution in [0.25, 0.3) is 0 Å². The van der Waals surface area contributed by atoms with Crippen LogP contribution in [0.5, 0.6) is 0 Å². The van der Waals surface area contributed by atoms with Gasteiger partial charge in [-0.2, -0.15) is 0 Å². The van der Waals surface area contributed by atoms with Crippen LogP contribution in [0, 0.1) is 5.41 Å². The van der Waals surface area contributed by atoms with Gasteiger partial charge in [0.05, 0.1) is 16.8 Å². The third-order valence-corrected chi connectivity index (χ3v) is 4.38. The largest absolute Gasteiger partial charge is 0.454 e. The molecule has 1 amide bonds. The van der Waals surface area contributed by atoms with E-state index >= 15 is 0 Å². The molecule has 0 aromatic heterocycles. The van der Waals surface area contributed by atoms with Gasteiger partial charge in [0.2, 0.25) is 0 Å². The number of amides is 1. The van der Waals surface area contributed by atoms with Gasteiger partial charge in [0, 0.05) is 9.89 Å². The molecule has 2 aromatic rings. The summed E-state index contributed by atoms with van der Waals surface area (Å²) in [5.74, 6) is -1.20. The molecule has 0 aliphatic heterocycles. The van der Waals surface area contributed by atoms with Crippen LogP contribution in [-0.2, 0) is 9.53 Å². The van der Waals surface area contributed by atoms with Gasteiger partial charge in [0.25, 0.3) is 5.91 Å². The normalized spacial score (nSPS) is 10.9. The van der Waals surface area contributed by atoms with Crippen LogP contribution < -0.4 is 5.32 Å². The Morgan fingerprint density at radius 3 is 2.15 bits per heavy atom. The Hall–Kier alpha value is -2.47. The predicted molar refractivity (Wildman–Crippen MR) is 103 cm³/mol. The van der Waals surface area contributed by atoms with Crippen LogP contribution in [0.2, 0.25) is 0 Å². The molecule has 136 valence electrons.